The maximum absolute atomic E-state index is 5.96. The van der Waals surface area contributed by atoms with Crippen LogP contribution in [0.15, 0.2) is 22.6 Å². The minimum Gasteiger partial charge on any atom is -0.459 e. The molecule has 2 rings (SSSR count). The summed E-state index contributed by atoms with van der Waals surface area (Å²) in [5.41, 5.74) is 3.52. The first-order valence-corrected chi connectivity index (χ1v) is 5.84. The topological polar surface area (TPSA) is 25.2 Å². The van der Waals surface area contributed by atoms with Crippen LogP contribution in [0.3, 0.4) is 0 Å². The predicted molar refractivity (Wildman–Crippen MR) is 67.8 cm³/mol. The van der Waals surface area contributed by atoms with E-state index in [0.29, 0.717) is 6.04 Å². The van der Waals surface area contributed by atoms with Gasteiger partial charge in [0.1, 0.15) is 11.3 Å². The third-order valence-electron chi connectivity index (χ3n) is 3.22. The first-order valence-electron chi connectivity index (χ1n) is 5.84. The predicted octanol–water partition coefficient (Wildman–Crippen LogP) is 3.72. The molecule has 2 heteroatoms. The highest BCUT2D eigenvalue weighted by molar-refractivity contribution is 5.84. The zero-order valence-corrected chi connectivity index (χ0v) is 10.4. The monoisotopic (exact) mass is 217 g/mol. The van der Waals surface area contributed by atoms with Gasteiger partial charge in [0.15, 0.2) is 0 Å². The smallest absolute Gasteiger partial charge is 0.137 e. The van der Waals surface area contributed by atoms with Gasteiger partial charge in [-0.15, -0.1) is 0 Å². The lowest BCUT2D eigenvalue weighted by Crippen LogP contribution is -2.14. The van der Waals surface area contributed by atoms with E-state index >= 15 is 0 Å². The van der Waals surface area contributed by atoms with Crippen molar-refractivity contribution in [1.29, 1.82) is 0 Å². The molecular formula is C14H19NO. The molecule has 1 aromatic carbocycles. The maximum Gasteiger partial charge on any atom is 0.137 e. The summed E-state index contributed by atoms with van der Waals surface area (Å²) in [6.45, 7) is 6.38. The average Bonchev–Trinajstić information content (AvgIpc) is 2.71. The summed E-state index contributed by atoms with van der Waals surface area (Å²) < 4.78 is 5.96. The Morgan fingerprint density at radius 1 is 1.25 bits per heavy atom. The normalized spacial score (nSPS) is 13.2. The second kappa shape index (κ2) is 4.30. The number of hydrogen-bond acceptors (Lipinski definition) is 2. The Balaban J connectivity index is 2.59. The molecule has 16 heavy (non-hydrogen) atoms. The molecule has 1 unspecified atom stereocenters. The van der Waals surface area contributed by atoms with Crippen molar-refractivity contribution in [2.24, 2.45) is 0 Å². The average molecular weight is 217 g/mol. The summed E-state index contributed by atoms with van der Waals surface area (Å²) in [5, 5.41) is 4.51. The van der Waals surface area contributed by atoms with Crippen molar-refractivity contribution in [1.82, 2.24) is 5.32 Å². The maximum atomic E-state index is 5.96. The Labute approximate surface area is 96.6 Å². The fourth-order valence-corrected chi connectivity index (χ4v) is 2.13. The molecule has 0 fully saturated rings. The number of nitrogens with one attached hydrogen (secondary N) is 1. The summed E-state index contributed by atoms with van der Waals surface area (Å²) in [7, 11) is 1.97. The lowest BCUT2D eigenvalue weighted by molar-refractivity contribution is 0.443. The van der Waals surface area contributed by atoms with E-state index < -0.39 is 0 Å². The van der Waals surface area contributed by atoms with Crippen LogP contribution in [0.5, 0.6) is 0 Å². The van der Waals surface area contributed by atoms with Gasteiger partial charge in [0.25, 0.3) is 0 Å². The Bertz CT molecular complexity index is 456. The van der Waals surface area contributed by atoms with Crippen LogP contribution in [-0.2, 0) is 0 Å². The number of rotatable bonds is 3. The first kappa shape index (κ1) is 11.2. The van der Waals surface area contributed by atoms with Gasteiger partial charge in [-0.1, -0.05) is 19.1 Å². The van der Waals surface area contributed by atoms with E-state index in [0.717, 1.165) is 17.8 Å². The summed E-state index contributed by atoms with van der Waals surface area (Å²) in [6.07, 6.45) is 1.04. The van der Waals surface area contributed by atoms with Gasteiger partial charge in [0, 0.05) is 5.39 Å². The van der Waals surface area contributed by atoms with Crippen molar-refractivity contribution in [3.8, 4) is 0 Å². The third kappa shape index (κ3) is 1.74. The molecule has 0 amide bonds. The zero-order valence-electron chi connectivity index (χ0n) is 10.4. The van der Waals surface area contributed by atoms with Crippen molar-refractivity contribution >= 4 is 11.0 Å². The van der Waals surface area contributed by atoms with Gasteiger partial charge in [-0.05, 0) is 44.5 Å². The zero-order chi connectivity index (χ0) is 11.7. The van der Waals surface area contributed by atoms with Gasteiger partial charge in [-0.25, -0.2) is 0 Å². The molecule has 0 bridgehead atoms. The number of fused-ring (bicyclic) bond motifs is 1. The minimum atomic E-state index is 0.311. The molecule has 2 nitrogen and oxygen atoms in total. The Kier molecular flexibility index (Phi) is 3.01. The number of hydrogen-bond donors (Lipinski definition) is 1. The summed E-state index contributed by atoms with van der Waals surface area (Å²) in [5.74, 6) is 1.04. The van der Waals surface area contributed by atoms with Crippen molar-refractivity contribution in [2.75, 3.05) is 7.05 Å². The van der Waals surface area contributed by atoms with Crippen LogP contribution in [0.2, 0.25) is 0 Å². The molecule has 0 radical (unpaired) electrons. The van der Waals surface area contributed by atoms with Gasteiger partial charge >= 0.3 is 0 Å². The molecule has 1 N–H and O–H groups in total. The Morgan fingerprint density at radius 2 is 1.94 bits per heavy atom. The van der Waals surface area contributed by atoms with Crippen molar-refractivity contribution in [3.05, 3.63) is 35.1 Å². The molecule has 0 saturated carbocycles. The van der Waals surface area contributed by atoms with Gasteiger partial charge in [-0.3, -0.25) is 0 Å². The van der Waals surface area contributed by atoms with Gasteiger partial charge in [0.05, 0.1) is 6.04 Å². The van der Waals surface area contributed by atoms with Crippen LogP contribution in [0.25, 0.3) is 11.0 Å². The molecule has 1 heterocycles. The summed E-state index contributed by atoms with van der Waals surface area (Å²) >= 11 is 0. The van der Waals surface area contributed by atoms with E-state index in [4.69, 9.17) is 4.42 Å². The molecule has 2 aromatic rings. The van der Waals surface area contributed by atoms with E-state index in [2.05, 4.69) is 44.3 Å². The van der Waals surface area contributed by atoms with Gasteiger partial charge in [0.2, 0.25) is 0 Å². The molecule has 86 valence electrons. The van der Waals surface area contributed by atoms with E-state index in [-0.39, 0.29) is 0 Å². The van der Waals surface area contributed by atoms with Crippen molar-refractivity contribution in [2.45, 2.75) is 33.2 Å². The van der Waals surface area contributed by atoms with E-state index in [1.54, 1.807) is 0 Å². The molecule has 0 aliphatic heterocycles. The Hall–Kier alpha value is -1.28. The highest BCUT2D eigenvalue weighted by Gasteiger charge is 2.14. The highest BCUT2D eigenvalue weighted by atomic mass is 16.3. The highest BCUT2D eigenvalue weighted by Crippen LogP contribution is 2.29. The van der Waals surface area contributed by atoms with Gasteiger partial charge < -0.3 is 9.73 Å². The van der Waals surface area contributed by atoms with Crippen LogP contribution in [0.4, 0.5) is 0 Å². The molecule has 0 aliphatic carbocycles. The first-order chi connectivity index (χ1) is 7.67. The largest absolute Gasteiger partial charge is 0.459 e. The standard InChI is InChI=1S/C14H19NO/c1-5-12(15-4)13-8-11-9(2)6-7-10(3)14(11)16-13/h6-8,12,15H,5H2,1-4H3. The molecule has 0 spiro atoms. The van der Waals surface area contributed by atoms with Crippen molar-refractivity contribution in [3.63, 3.8) is 0 Å². The summed E-state index contributed by atoms with van der Waals surface area (Å²) in [4.78, 5) is 0. The third-order valence-corrected chi connectivity index (χ3v) is 3.22. The van der Waals surface area contributed by atoms with E-state index in [1.165, 1.54) is 16.5 Å². The van der Waals surface area contributed by atoms with Crippen LogP contribution < -0.4 is 5.32 Å². The van der Waals surface area contributed by atoms with Crippen LogP contribution >= 0.6 is 0 Å². The molecule has 1 atom stereocenters. The number of furan rings is 1. The number of benzene rings is 1. The van der Waals surface area contributed by atoms with E-state index in [9.17, 15) is 0 Å². The second-order valence-electron chi connectivity index (χ2n) is 4.34. The van der Waals surface area contributed by atoms with E-state index in [1.807, 2.05) is 7.05 Å². The van der Waals surface area contributed by atoms with Gasteiger partial charge in [-0.2, -0.15) is 0 Å². The molecular weight excluding hydrogens is 198 g/mol. The van der Waals surface area contributed by atoms with Crippen LogP contribution in [0, 0.1) is 13.8 Å². The summed E-state index contributed by atoms with van der Waals surface area (Å²) in [6, 6.07) is 6.75. The van der Waals surface area contributed by atoms with Crippen LogP contribution in [-0.4, -0.2) is 7.05 Å². The fraction of sp³-hybridized carbons (Fsp3) is 0.429. The van der Waals surface area contributed by atoms with Crippen molar-refractivity contribution < 1.29 is 4.42 Å². The molecule has 1 aromatic heterocycles. The molecule has 0 aliphatic rings. The minimum absolute atomic E-state index is 0.311. The SMILES string of the molecule is CCC(NC)c1cc2c(C)ccc(C)c2o1. The lowest BCUT2D eigenvalue weighted by Gasteiger charge is -2.09. The second-order valence-corrected chi connectivity index (χ2v) is 4.34. The Morgan fingerprint density at radius 3 is 2.50 bits per heavy atom. The molecule has 0 saturated heterocycles. The van der Waals surface area contributed by atoms with Crippen LogP contribution in [0.1, 0.15) is 36.3 Å². The quantitative estimate of drug-likeness (QED) is 0.847. The fourth-order valence-electron chi connectivity index (χ4n) is 2.13. The number of aryl methyl sites for hydroxylation is 2. The lowest BCUT2D eigenvalue weighted by atomic mass is 10.1.